The summed E-state index contributed by atoms with van der Waals surface area (Å²) in [5, 5.41) is 0.520. The van der Waals surface area contributed by atoms with Gasteiger partial charge in [0, 0.05) is 19.3 Å². The lowest BCUT2D eigenvalue weighted by molar-refractivity contribution is -0.197. The van der Waals surface area contributed by atoms with E-state index in [9.17, 15) is 19.2 Å². The van der Waals surface area contributed by atoms with Crippen LogP contribution in [0.1, 0.15) is 131 Å². The summed E-state index contributed by atoms with van der Waals surface area (Å²) in [6.45, 7) is 12.3. The van der Waals surface area contributed by atoms with E-state index in [2.05, 4.69) is 40.7 Å². The van der Waals surface area contributed by atoms with E-state index in [1.807, 2.05) is 0 Å². The third kappa shape index (κ3) is 6.08. The smallest absolute Gasteiger partial charge is 0.333 e. The maximum Gasteiger partial charge on any atom is 0.333 e. The molecule has 0 spiro atoms. The molecule has 0 aromatic carbocycles. The average Bonchev–Trinajstić information content (AvgIpc) is 3.45. The fraction of sp³-hybridized carbons (Fsp3) is 0.829. The van der Waals surface area contributed by atoms with Crippen LogP contribution in [0, 0.1) is 46.3 Å². The number of ether oxygens (including phenoxy) is 1. The molecule has 4 fully saturated rings. The fourth-order valence-electron chi connectivity index (χ4n) is 10.0. The number of fused-ring (bicyclic) bond motifs is 5. The van der Waals surface area contributed by atoms with Crippen LogP contribution in [-0.2, 0) is 28.8 Å². The van der Waals surface area contributed by atoms with Crippen molar-refractivity contribution in [2.45, 2.75) is 137 Å². The van der Waals surface area contributed by atoms with Gasteiger partial charge < -0.3 is 9.57 Å². The second-order valence-corrected chi connectivity index (χ2v) is 15.2. The summed E-state index contributed by atoms with van der Waals surface area (Å²) in [5.74, 6) is 2.54. The molecule has 4 aliphatic carbocycles. The molecular weight excluding hydrogens is 530 g/mol. The van der Waals surface area contributed by atoms with E-state index in [1.165, 1.54) is 50.5 Å². The standard InChI is InChI=1S/C35H53NO6/c1-22(2)7-6-8-23(3)27-11-12-28-26-10-9-24-21-25(17-19-34(24,4)29(26)18-20-35(27,28)5)41-32(39)15-16-33(40)42-36-30(37)13-14-31(36)38/h9,22-23,25-29H,6-8,10-21H2,1-5H3/t23-,25?,26+,27-,28+,29+,34+,35-/m1/s1. The van der Waals surface area contributed by atoms with Gasteiger partial charge in [-0.3, -0.25) is 14.4 Å². The highest BCUT2D eigenvalue weighted by Crippen LogP contribution is 2.67. The first-order valence-corrected chi connectivity index (χ1v) is 16.9. The molecule has 5 aliphatic rings. The van der Waals surface area contributed by atoms with Gasteiger partial charge in [-0.15, -0.1) is 5.06 Å². The molecule has 0 aromatic rings. The van der Waals surface area contributed by atoms with E-state index in [0.29, 0.717) is 16.4 Å². The first-order valence-electron chi connectivity index (χ1n) is 16.9. The molecule has 2 amide bonds. The number of carbonyl (C=O) groups excluding carboxylic acids is 4. The summed E-state index contributed by atoms with van der Waals surface area (Å²) in [6.07, 6.45) is 15.5. The van der Waals surface area contributed by atoms with Gasteiger partial charge in [0.25, 0.3) is 11.8 Å². The van der Waals surface area contributed by atoms with Gasteiger partial charge in [-0.2, -0.15) is 0 Å². The Morgan fingerprint density at radius 3 is 2.36 bits per heavy atom. The zero-order chi connectivity index (χ0) is 30.2. The molecule has 0 N–H and O–H groups in total. The molecule has 1 heterocycles. The summed E-state index contributed by atoms with van der Waals surface area (Å²) < 4.78 is 5.82. The molecule has 1 saturated heterocycles. The van der Waals surface area contributed by atoms with Gasteiger partial charge in [-0.1, -0.05) is 65.5 Å². The summed E-state index contributed by atoms with van der Waals surface area (Å²) >= 11 is 0. The number of imide groups is 1. The fourth-order valence-corrected chi connectivity index (χ4v) is 10.0. The average molecular weight is 584 g/mol. The molecule has 3 saturated carbocycles. The number of hydrogen-bond acceptors (Lipinski definition) is 6. The third-order valence-corrected chi connectivity index (χ3v) is 12.3. The minimum Gasteiger partial charge on any atom is -0.462 e. The normalized spacial score (nSPS) is 36.7. The van der Waals surface area contributed by atoms with Crippen molar-refractivity contribution in [3.8, 4) is 0 Å². The van der Waals surface area contributed by atoms with E-state index < -0.39 is 23.8 Å². The Balaban J connectivity index is 1.14. The van der Waals surface area contributed by atoms with Crippen LogP contribution < -0.4 is 0 Å². The van der Waals surface area contributed by atoms with Crippen molar-refractivity contribution in [3.05, 3.63) is 11.6 Å². The minimum atomic E-state index is -0.767. The Morgan fingerprint density at radius 1 is 0.929 bits per heavy atom. The van der Waals surface area contributed by atoms with Gasteiger partial charge in [-0.05, 0) is 91.3 Å². The maximum atomic E-state index is 12.6. The quantitative estimate of drug-likeness (QED) is 0.152. The Hall–Kier alpha value is -2.18. The minimum absolute atomic E-state index is 0.0461. The van der Waals surface area contributed by atoms with E-state index in [0.717, 1.165) is 55.3 Å². The molecule has 0 bridgehead atoms. The van der Waals surface area contributed by atoms with Gasteiger partial charge in [-0.25, -0.2) is 4.79 Å². The zero-order valence-electron chi connectivity index (χ0n) is 26.6. The highest BCUT2D eigenvalue weighted by molar-refractivity contribution is 6.01. The van der Waals surface area contributed by atoms with Gasteiger partial charge >= 0.3 is 11.9 Å². The van der Waals surface area contributed by atoms with Crippen LogP contribution in [0.4, 0.5) is 0 Å². The van der Waals surface area contributed by atoms with Crippen molar-refractivity contribution < 1.29 is 28.8 Å². The van der Waals surface area contributed by atoms with E-state index in [-0.39, 0.29) is 37.2 Å². The summed E-state index contributed by atoms with van der Waals surface area (Å²) in [6, 6.07) is 0. The SMILES string of the molecule is CC(C)CCC[C@@H](C)[C@H]1CC[C@H]2[C@@H]3CC=C4CC(OC(=O)CCC(=O)ON5C(=O)CCC5=O)CC[C@]4(C)[C@H]3CC[C@]12C. The van der Waals surface area contributed by atoms with Gasteiger partial charge in [0.1, 0.15) is 6.10 Å². The predicted octanol–water partition coefficient (Wildman–Crippen LogP) is 7.33. The molecule has 5 rings (SSSR count). The van der Waals surface area contributed by atoms with Crippen LogP contribution >= 0.6 is 0 Å². The Labute approximate surface area is 252 Å². The van der Waals surface area contributed by atoms with Crippen molar-refractivity contribution in [2.24, 2.45) is 46.3 Å². The molecule has 234 valence electrons. The number of hydrogen-bond donors (Lipinski definition) is 0. The maximum absolute atomic E-state index is 12.6. The highest BCUT2D eigenvalue weighted by Gasteiger charge is 2.59. The summed E-state index contributed by atoms with van der Waals surface area (Å²) in [4.78, 5) is 52.9. The summed E-state index contributed by atoms with van der Waals surface area (Å²) in [7, 11) is 0. The monoisotopic (exact) mass is 583 g/mol. The Kier molecular flexibility index (Phi) is 9.25. The zero-order valence-corrected chi connectivity index (χ0v) is 26.6. The lowest BCUT2D eigenvalue weighted by Gasteiger charge is -2.58. The molecule has 1 aliphatic heterocycles. The highest BCUT2D eigenvalue weighted by atomic mass is 16.7. The molecule has 0 radical (unpaired) electrons. The molecule has 0 aromatic heterocycles. The number of nitrogens with zero attached hydrogens (tertiary/aromatic N) is 1. The molecule has 7 nitrogen and oxygen atoms in total. The molecular formula is C35H53NO6. The molecule has 8 atom stereocenters. The topological polar surface area (TPSA) is 90.0 Å². The number of esters is 1. The van der Waals surface area contributed by atoms with E-state index >= 15 is 0 Å². The van der Waals surface area contributed by atoms with Crippen LogP contribution in [0.25, 0.3) is 0 Å². The van der Waals surface area contributed by atoms with Crippen LogP contribution in [0.5, 0.6) is 0 Å². The first kappa shape index (κ1) is 31.3. The largest absolute Gasteiger partial charge is 0.462 e. The second-order valence-electron chi connectivity index (χ2n) is 15.2. The van der Waals surface area contributed by atoms with Crippen LogP contribution in [0.2, 0.25) is 0 Å². The number of hydroxylamine groups is 2. The predicted molar refractivity (Wildman–Crippen MR) is 159 cm³/mol. The van der Waals surface area contributed by atoms with Crippen molar-refractivity contribution in [1.29, 1.82) is 0 Å². The van der Waals surface area contributed by atoms with Gasteiger partial charge in [0.15, 0.2) is 0 Å². The number of amides is 2. The Bertz CT molecular complexity index is 1080. The Morgan fingerprint density at radius 2 is 1.64 bits per heavy atom. The number of rotatable bonds is 10. The number of carbonyl (C=O) groups is 4. The second kappa shape index (κ2) is 12.4. The van der Waals surface area contributed by atoms with Crippen molar-refractivity contribution >= 4 is 23.8 Å². The summed E-state index contributed by atoms with van der Waals surface area (Å²) in [5.41, 5.74) is 2.13. The van der Waals surface area contributed by atoms with E-state index in [4.69, 9.17) is 9.57 Å². The lowest BCUT2D eigenvalue weighted by atomic mass is 9.47. The molecule has 1 unspecified atom stereocenters. The van der Waals surface area contributed by atoms with Crippen molar-refractivity contribution in [2.75, 3.05) is 0 Å². The van der Waals surface area contributed by atoms with Gasteiger partial charge in [0.2, 0.25) is 0 Å². The van der Waals surface area contributed by atoms with Crippen molar-refractivity contribution in [3.63, 3.8) is 0 Å². The van der Waals surface area contributed by atoms with Crippen LogP contribution in [-0.4, -0.2) is 34.9 Å². The van der Waals surface area contributed by atoms with Crippen LogP contribution in [0.3, 0.4) is 0 Å². The van der Waals surface area contributed by atoms with E-state index in [1.54, 1.807) is 0 Å². The number of allylic oxidation sites excluding steroid dienone is 1. The van der Waals surface area contributed by atoms with Crippen molar-refractivity contribution in [1.82, 2.24) is 5.06 Å². The molecule has 7 heteroatoms. The van der Waals surface area contributed by atoms with Crippen LogP contribution in [0.15, 0.2) is 11.6 Å². The lowest BCUT2D eigenvalue weighted by Crippen LogP contribution is -2.51. The molecule has 42 heavy (non-hydrogen) atoms. The first-order chi connectivity index (χ1) is 19.9. The van der Waals surface area contributed by atoms with Gasteiger partial charge in [0.05, 0.1) is 12.8 Å². The third-order valence-electron chi connectivity index (χ3n) is 12.3.